The molecule has 0 heterocycles. The van der Waals surface area contributed by atoms with Crippen LogP contribution in [0, 0.1) is 0 Å². The van der Waals surface area contributed by atoms with Crippen LogP contribution in [0.25, 0.3) is 0 Å². The number of rotatable bonds is 5. The standard InChI is InChI=1S/C10H10F3NO4S2/c1-6(9(15)16)14-20(17,18)8-4-2-7(3-5-8)19-10(11,12)13/h2-6,14H,1H3,(H,15,16)/t6-/m0/s1. The molecule has 0 aliphatic rings. The molecule has 0 bridgehead atoms. The van der Waals surface area contributed by atoms with Crippen molar-refractivity contribution in [1.29, 1.82) is 0 Å². The van der Waals surface area contributed by atoms with Gasteiger partial charge in [-0.25, -0.2) is 8.42 Å². The molecule has 0 radical (unpaired) electrons. The van der Waals surface area contributed by atoms with Crippen molar-refractivity contribution in [3.05, 3.63) is 24.3 Å². The molecule has 1 aromatic rings. The van der Waals surface area contributed by atoms with Gasteiger partial charge in [-0.2, -0.15) is 17.9 Å². The molecule has 0 saturated heterocycles. The van der Waals surface area contributed by atoms with Crippen LogP contribution < -0.4 is 4.72 Å². The van der Waals surface area contributed by atoms with Gasteiger partial charge in [0.2, 0.25) is 10.0 Å². The number of carboxylic acids is 1. The van der Waals surface area contributed by atoms with Crippen LogP contribution in [-0.4, -0.2) is 31.0 Å². The number of hydrogen-bond acceptors (Lipinski definition) is 4. The highest BCUT2D eigenvalue weighted by atomic mass is 32.2. The number of nitrogens with one attached hydrogen (secondary N) is 1. The fraction of sp³-hybridized carbons (Fsp3) is 0.300. The van der Waals surface area contributed by atoms with Crippen molar-refractivity contribution in [3.63, 3.8) is 0 Å². The highest BCUT2D eigenvalue weighted by Gasteiger charge is 2.29. The van der Waals surface area contributed by atoms with E-state index in [0.29, 0.717) is 0 Å². The van der Waals surface area contributed by atoms with Crippen LogP contribution in [0.3, 0.4) is 0 Å². The predicted octanol–water partition coefficient (Wildman–Crippen LogP) is 2.05. The lowest BCUT2D eigenvalue weighted by Crippen LogP contribution is -2.38. The van der Waals surface area contributed by atoms with E-state index in [9.17, 15) is 26.4 Å². The Bertz CT molecular complexity index is 584. The second-order valence-corrected chi connectivity index (χ2v) is 6.55. The summed E-state index contributed by atoms with van der Waals surface area (Å²) in [4.78, 5) is 10.1. The van der Waals surface area contributed by atoms with Crippen molar-refractivity contribution in [3.8, 4) is 0 Å². The van der Waals surface area contributed by atoms with Gasteiger partial charge in [-0.15, -0.1) is 0 Å². The van der Waals surface area contributed by atoms with E-state index < -0.39 is 27.5 Å². The van der Waals surface area contributed by atoms with E-state index in [1.54, 1.807) is 0 Å². The molecule has 2 N–H and O–H groups in total. The monoisotopic (exact) mass is 329 g/mol. The average molecular weight is 329 g/mol. The summed E-state index contributed by atoms with van der Waals surface area (Å²) in [5, 5.41) is 8.61. The van der Waals surface area contributed by atoms with Gasteiger partial charge in [0.05, 0.1) is 4.90 Å². The van der Waals surface area contributed by atoms with Crippen LogP contribution in [0.15, 0.2) is 34.1 Å². The zero-order chi connectivity index (χ0) is 15.6. The molecule has 0 aliphatic heterocycles. The molecule has 1 rings (SSSR count). The maximum atomic E-state index is 12.1. The minimum atomic E-state index is -4.46. The van der Waals surface area contributed by atoms with E-state index in [4.69, 9.17) is 5.11 Å². The molecule has 0 fully saturated rings. The van der Waals surface area contributed by atoms with Gasteiger partial charge in [0.15, 0.2) is 0 Å². The average Bonchev–Trinajstić information content (AvgIpc) is 2.26. The van der Waals surface area contributed by atoms with Crippen molar-refractivity contribution in [2.45, 2.75) is 28.3 Å². The number of thioether (sulfide) groups is 1. The van der Waals surface area contributed by atoms with E-state index in [2.05, 4.69) is 0 Å². The third kappa shape index (κ3) is 5.02. The molecule has 0 unspecified atom stereocenters. The second-order valence-electron chi connectivity index (χ2n) is 3.70. The second kappa shape index (κ2) is 6.02. The van der Waals surface area contributed by atoms with Crippen LogP contribution in [-0.2, 0) is 14.8 Å². The van der Waals surface area contributed by atoms with Crippen LogP contribution in [0.4, 0.5) is 13.2 Å². The Kier molecular flexibility index (Phi) is 5.05. The fourth-order valence-corrected chi connectivity index (χ4v) is 2.91. The van der Waals surface area contributed by atoms with Crippen LogP contribution in [0.1, 0.15) is 6.92 Å². The molecule has 10 heteroatoms. The van der Waals surface area contributed by atoms with Gasteiger partial charge in [-0.3, -0.25) is 4.79 Å². The summed E-state index contributed by atoms with van der Waals surface area (Å²) in [6.45, 7) is 1.13. The zero-order valence-electron chi connectivity index (χ0n) is 10.0. The fourth-order valence-electron chi connectivity index (χ4n) is 1.17. The number of carbonyl (C=O) groups is 1. The molecule has 0 spiro atoms. The minimum absolute atomic E-state index is 0.164. The Balaban J connectivity index is 2.90. The minimum Gasteiger partial charge on any atom is -0.480 e. The van der Waals surface area contributed by atoms with Crippen molar-refractivity contribution < 1.29 is 31.5 Å². The highest BCUT2D eigenvalue weighted by molar-refractivity contribution is 8.00. The SMILES string of the molecule is C[C@H](NS(=O)(=O)c1ccc(SC(F)(F)F)cc1)C(=O)O. The van der Waals surface area contributed by atoms with E-state index in [1.807, 2.05) is 4.72 Å². The maximum absolute atomic E-state index is 12.1. The molecular formula is C10H10F3NO4S2. The lowest BCUT2D eigenvalue weighted by Gasteiger charge is -2.11. The number of hydrogen-bond donors (Lipinski definition) is 2. The van der Waals surface area contributed by atoms with Crippen LogP contribution in [0.2, 0.25) is 0 Å². The smallest absolute Gasteiger partial charge is 0.446 e. The normalized spacial score (nSPS) is 14.0. The summed E-state index contributed by atoms with van der Waals surface area (Å²) in [6, 6.07) is 2.61. The Morgan fingerprint density at radius 2 is 1.80 bits per heavy atom. The Morgan fingerprint density at radius 3 is 2.20 bits per heavy atom. The zero-order valence-corrected chi connectivity index (χ0v) is 11.6. The first-order chi connectivity index (χ1) is 9.01. The van der Waals surface area contributed by atoms with Gasteiger partial charge in [0.1, 0.15) is 6.04 Å². The molecule has 20 heavy (non-hydrogen) atoms. The van der Waals surface area contributed by atoms with E-state index in [-0.39, 0.29) is 21.6 Å². The highest BCUT2D eigenvalue weighted by Crippen LogP contribution is 2.36. The van der Waals surface area contributed by atoms with Gasteiger partial charge in [0.25, 0.3) is 0 Å². The quantitative estimate of drug-likeness (QED) is 0.808. The van der Waals surface area contributed by atoms with Gasteiger partial charge in [-0.1, -0.05) is 0 Å². The van der Waals surface area contributed by atoms with E-state index in [1.165, 1.54) is 0 Å². The molecule has 5 nitrogen and oxygen atoms in total. The maximum Gasteiger partial charge on any atom is 0.446 e. The van der Waals surface area contributed by atoms with Gasteiger partial charge in [-0.05, 0) is 43.0 Å². The summed E-state index contributed by atoms with van der Waals surface area (Å²) in [7, 11) is -4.09. The van der Waals surface area contributed by atoms with Gasteiger partial charge in [0, 0.05) is 4.90 Å². The number of aliphatic carboxylic acids is 1. The first-order valence-corrected chi connectivity index (χ1v) is 7.42. The molecule has 112 valence electrons. The van der Waals surface area contributed by atoms with Crippen molar-refractivity contribution in [1.82, 2.24) is 4.72 Å². The third-order valence-corrected chi connectivity index (χ3v) is 4.37. The Hall–Kier alpha value is -1.26. The number of alkyl halides is 3. The molecule has 1 atom stereocenters. The molecule has 0 amide bonds. The Labute approximate surface area is 117 Å². The largest absolute Gasteiger partial charge is 0.480 e. The topological polar surface area (TPSA) is 83.5 Å². The number of carboxylic acid groups (broad SMARTS) is 1. The molecule has 0 saturated carbocycles. The van der Waals surface area contributed by atoms with Crippen molar-refractivity contribution in [2.24, 2.45) is 0 Å². The van der Waals surface area contributed by atoms with Crippen LogP contribution >= 0.6 is 11.8 Å². The summed E-state index contributed by atoms with van der Waals surface area (Å²) >= 11 is -0.370. The Morgan fingerprint density at radius 1 is 1.30 bits per heavy atom. The molecule has 0 aromatic heterocycles. The first kappa shape index (κ1) is 16.8. The van der Waals surface area contributed by atoms with Crippen LogP contribution in [0.5, 0.6) is 0 Å². The lowest BCUT2D eigenvalue weighted by molar-refractivity contribution is -0.138. The number of sulfonamides is 1. The van der Waals surface area contributed by atoms with E-state index in [0.717, 1.165) is 31.2 Å². The number of benzene rings is 1. The summed E-state index contributed by atoms with van der Waals surface area (Å²) in [6.07, 6.45) is 0. The molecular weight excluding hydrogens is 319 g/mol. The third-order valence-electron chi connectivity index (χ3n) is 2.07. The van der Waals surface area contributed by atoms with E-state index >= 15 is 0 Å². The number of halogens is 3. The van der Waals surface area contributed by atoms with Crippen molar-refractivity contribution in [2.75, 3.05) is 0 Å². The van der Waals surface area contributed by atoms with Gasteiger partial charge >= 0.3 is 11.5 Å². The summed E-state index contributed by atoms with van der Waals surface area (Å²) < 4.78 is 61.7. The molecule has 0 aliphatic carbocycles. The first-order valence-electron chi connectivity index (χ1n) is 5.12. The summed E-state index contributed by atoms with van der Waals surface area (Å²) in [5.74, 6) is -1.36. The molecule has 1 aromatic carbocycles. The van der Waals surface area contributed by atoms with Crippen molar-refractivity contribution >= 4 is 27.8 Å². The lowest BCUT2D eigenvalue weighted by atomic mass is 10.4. The predicted molar refractivity (Wildman–Crippen MR) is 65.8 cm³/mol. The van der Waals surface area contributed by atoms with Gasteiger partial charge < -0.3 is 5.11 Å². The summed E-state index contributed by atoms with van der Waals surface area (Å²) in [5.41, 5.74) is -4.46.